The molecule has 0 radical (unpaired) electrons. The van der Waals surface area contributed by atoms with Gasteiger partial charge in [0.1, 0.15) is 5.75 Å². The highest BCUT2D eigenvalue weighted by Crippen LogP contribution is 2.23. The molecule has 0 saturated heterocycles. The molecule has 0 heterocycles. The minimum Gasteiger partial charge on any atom is -0.427 e. The van der Waals surface area contributed by atoms with E-state index in [2.05, 4.69) is 6.92 Å². The van der Waals surface area contributed by atoms with Gasteiger partial charge in [-0.05, 0) is 25.5 Å². The summed E-state index contributed by atoms with van der Waals surface area (Å²) in [6, 6.07) is 4.31. The van der Waals surface area contributed by atoms with Crippen molar-refractivity contribution >= 4 is 11.7 Å². The number of ether oxygens (including phenoxy) is 1. The first-order valence-corrected chi connectivity index (χ1v) is 6.00. The van der Waals surface area contributed by atoms with Gasteiger partial charge in [-0.25, -0.2) is 0 Å². The molecule has 0 saturated carbocycles. The zero-order chi connectivity index (χ0) is 13.5. The number of carbonyl (C=O) groups is 1. The molecule has 18 heavy (non-hydrogen) atoms. The van der Waals surface area contributed by atoms with Crippen molar-refractivity contribution < 1.29 is 14.5 Å². The fourth-order valence-electron chi connectivity index (χ4n) is 1.60. The minimum atomic E-state index is -0.456. The molecule has 0 amide bonds. The van der Waals surface area contributed by atoms with Crippen LogP contribution in [0.25, 0.3) is 0 Å². The van der Waals surface area contributed by atoms with Crippen molar-refractivity contribution in [3.63, 3.8) is 0 Å². The smallest absolute Gasteiger partial charge is 0.311 e. The lowest BCUT2D eigenvalue weighted by Crippen LogP contribution is -2.07. The summed E-state index contributed by atoms with van der Waals surface area (Å²) in [6.45, 7) is 3.68. The summed E-state index contributed by atoms with van der Waals surface area (Å²) < 4.78 is 5.11. The minimum absolute atomic E-state index is 0.0285. The van der Waals surface area contributed by atoms with E-state index in [4.69, 9.17) is 4.74 Å². The Kier molecular flexibility index (Phi) is 5.30. The summed E-state index contributed by atoms with van der Waals surface area (Å²) in [6.07, 6.45) is 3.23. The van der Waals surface area contributed by atoms with E-state index >= 15 is 0 Å². The van der Waals surface area contributed by atoms with Gasteiger partial charge in [0.25, 0.3) is 5.69 Å². The Morgan fingerprint density at radius 3 is 2.67 bits per heavy atom. The van der Waals surface area contributed by atoms with Gasteiger partial charge in [0, 0.05) is 18.1 Å². The van der Waals surface area contributed by atoms with Crippen LogP contribution in [0.1, 0.15) is 38.2 Å². The number of nitrogens with zero attached hydrogens (tertiary/aromatic N) is 1. The van der Waals surface area contributed by atoms with Crippen molar-refractivity contribution in [2.75, 3.05) is 0 Å². The number of rotatable bonds is 6. The van der Waals surface area contributed by atoms with Crippen LogP contribution >= 0.6 is 0 Å². The fourth-order valence-corrected chi connectivity index (χ4v) is 1.60. The number of carbonyl (C=O) groups excluding carboxylic acids is 1. The summed E-state index contributed by atoms with van der Waals surface area (Å²) >= 11 is 0. The molecule has 0 N–H and O–H groups in total. The summed E-state index contributed by atoms with van der Waals surface area (Å²) in [5.41, 5.74) is 0.514. The van der Waals surface area contributed by atoms with Crippen molar-refractivity contribution in [3.05, 3.63) is 33.9 Å². The van der Waals surface area contributed by atoms with Crippen LogP contribution in [0.2, 0.25) is 0 Å². The molecule has 0 aromatic heterocycles. The van der Waals surface area contributed by atoms with Gasteiger partial charge in [-0.15, -0.1) is 0 Å². The van der Waals surface area contributed by atoms with Gasteiger partial charge in [-0.2, -0.15) is 0 Å². The van der Waals surface area contributed by atoms with Crippen molar-refractivity contribution in [1.82, 2.24) is 0 Å². The van der Waals surface area contributed by atoms with Crippen LogP contribution in [0.4, 0.5) is 5.69 Å². The topological polar surface area (TPSA) is 69.4 Å². The maximum atomic E-state index is 11.5. The van der Waals surface area contributed by atoms with E-state index in [0.29, 0.717) is 17.7 Å². The SMILES string of the molecule is CCCCCC(=O)Oc1ccc([N+](=O)[O-])c(C)c1. The number of hydrogen-bond acceptors (Lipinski definition) is 4. The Balaban J connectivity index is 2.60. The molecular formula is C13H17NO4. The first-order chi connectivity index (χ1) is 8.54. The lowest BCUT2D eigenvalue weighted by Gasteiger charge is -2.05. The van der Waals surface area contributed by atoms with Gasteiger partial charge in [-0.3, -0.25) is 14.9 Å². The molecule has 1 aromatic carbocycles. The molecule has 0 fully saturated rings. The number of nitro benzene ring substituents is 1. The van der Waals surface area contributed by atoms with E-state index < -0.39 is 4.92 Å². The number of esters is 1. The van der Waals surface area contributed by atoms with Gasteiger partial charge in [0.05, 0.1) is 4.92 Å². The molecule has 0 unspecified atom stereocenters. The van der Waals surface area contributed by atoms with Crippen molar-refractivity contribution in [2.45, 2.75) is 39.5 Å². The van der Waals surface area contributed by atoms with E-state index in [-0.39, 0.29) is 11.7 Å². The summed E-state index contributed by atoms with van der Waals surface area (Å²) in [7, 11) is 0. The van der Waals surface area contributed by atoms with Crippen LogP contribution in [0, 0.1) is 17.0 Å². The average Bonchev–Trinajstić information content (AvgIpc) is 2.28. The molecule has 0 bridgehead atoms. The maximum absolute atomic E-state index is 11.5. The Hall–Kier alpha value is -1.91. The largest absolute Gasteiger partial charge is 0.427 e. The molecule has 1 rings (SSSR count). The Bertz CT molecular complexity index is 443. The summed E-state index contributed by atoms with van der Waals surface area (Å²) in [5, 5.41) is 10.6. The highest BCUT2D eigenvalue weighted by molar-refractivity contribution is 5.72. The Morgan fingerprint density at radius 2 is 2.11 bits per heavy atom. The van der Waals surface area contributed by atoms with Crippen LogP contribution in [0.5, 0.6) is 5.75 Å². The molecule has 0 aliphatic rings. The van der Waals surface area contributed by atoms with Crippen LogP contribution in [-0.4, -0.2) is 10.9 Å². The maximum Gasteiger partial charge on any atom is 0.311 e. The molecule has 0 atom stereocenters. The molecular weight excluding hydrogens is 234 g/mol. The number of benzene rings is 1. The second kappa shape index (κ2) is 6.74. The molecule has 1 aromatic rings. The molecule has 0 spiro atoms. The number of hydrogen-bond donors (Lipinski definition) is 0. The second-order valence-electron chi connectivity index (χ2n) is 4.14. The standard InChI is InChI=1S/C13H17NO4/c1-3-4-5-6-13(15)18-11-7-8-12(14(16)17)10(2)9-11/h7-9H,3-6H2,1-2H3. The van der Waals surface area contributed by atoms with Gasteiger partial charge in [-0.1, -0.05) is 19.8 Å². The third-order valence-corrected chi connectivity index (χ3v) is 2.58. The highest BCUT2D eigenvalue weighted by Gasteiger charge is 2.12. The van der Waals surface area contributed by atoms with E-state index in [0.717, 1.165) is 19.3 Å². The molecule has 5 nitrogen and oxygen atoms in total. The number of nitro groups is 1. The summed E-state index contributed by atoms with van der Waals surface area (Å²) in [5.74, 6) is 0.0660. The first-order valence-electron chi connectivity index (χ1n) is 6.00. The normalized spacial score (nSPS) is 10.1. The zero-order valence-corrected chi connectivity index (χ0v) is 10.6. The van der Waals surface area contributed by atoms with Crippen molar-refractivity contribution in [2.24, 2.45) is 0 Å². The Labute approximate surface area is 106 Å². The highest BCUT2D eigenvalue weighted by atomic mass is 16.6. The summed E-state index contributed by atoms with van der Waals surface area (Å²) in [4.78, 5) is 21.6. The average molecular weight is 251 g/mol. The van der Waals surface area contributed by atoms with E-state index in [1.807, 2.05) is 0 Å². The lowest BCUT2D eigenvalue weighted by molar-refractivity contribution is -0.385. The zero-order valence-electron chi connectivity index (χ0n) is 10.6. The van der Waals surface area contributed by atoms with Crippen LogP contribution < -0.4 is 4.74 Å². The van der Waals surface area contributed by atoms with Crippen LogP contribution in [0.15, 0.2) is 18.2 Å². The van der Waals surface area contributed by atoms with Crippen LogP contribution in [0.3, 0.4) is 0 Å². The van der Waals surface area contributed by atoms with Crippen molar-refractivity contribution in [3.8, 4) is 5.75 Å². The first kappa shape index (κ1) is 14.2. The van der Waals surface area contributed by atoms with E-state index in [9.17, 15) is 14.9 Å². The number of aryl methyl sites for hydroxylation is 1. The monoisotopic (exact) mass is 251 g/mol. The predicted molar refractivity (Wildman–Crippen MR) is 67.6 cm³/mol. The predicted octanol–water partition coefficient (Wildman–Crippen LogP) is 3.39. The van der Waals surface area contributed by atoms with Gasteiger partial charge in [0.15, 0.2) is 0 Å². The molecule has 0 aliphatic heterocycles. The van der Waals surface area contributed by atoms with E-state index in [1.165, 1.54) is 18.2 Å². The van der Waals surface area contributed by atoms with E-state index in [1.54, 1.807) is 6.92 Å². The quantitative estimate of drug-likeness (QED) is 0.255. The van der Waals surface area contributed by atoms with Gasteiger partial charge < -0.3 is 4.74 Å². The second-order valence-corrected chi connectivity index (χ2v) is 4.14. The van der Waals surface area contributed by atoms with Gasteiger partial charge in [0.2, 0.25) is 0 Å². The molecule has 0 aliphatic carbocycles. The third kappa shape index (κ3) is 4.16. The lowest BCUT2D eigenvalue weighted by atomic mass is 10.2. The molecule has 98 valence electrons. The fraction of sp³-hybridized carbons (Fsp3) is 0.462. The third-order valence-electron chi connectivity index (χ3n) is 2.58. The van der Waals surface area contributed by atoms with Crippen LogP contribution in [-0.2, 0) is 4.79 Å². The Morgan fingerprint density at radius 1 is 1.39 bits per heavy atom. The number of unbranched alkanes of at least 4 members (excludes halogenated alkanes) is 2. The van der Waals surface area contributed by atoms with Gasteiger partial charge >= 0.3 is 5.97 Å². The van der Waals surface area contributed by atoms with Crippen molar-refractivity contribution in [1.29, 1.82) is 0 Å². The molecule has 5 heteroatoms.